The molecule has 2 atom stereocenters. The molecule has 2 aliphatic rings. The monoisotopic (exact) mass is 351 g/mol. The van der Waals surface area contributed by atoms with Gasteiger partial charge in [0.1, 0.15) is 11.0 Å². The molecule has 4 heterocycles. The zero-order chi connectivity index (χ0) is 15.8. The lowest BCUT2D eigenvalue weighted by Gasteiger charge is -2.22. The first-order valence-corrected chi connectivity index (χ1v) is 9.51. The van der Waals surface area contributed by atoms with Crippen LogP contribution in [-0.2, 0) is 16.9 Å². The third kappa shape index (κ3) is 3.00. The van der Waals surface area contributed by atoms with Crippen molar-refractivity contribution in [1.82, 2.24) is 20.0 Å². The fraction of sp³-hybridized carbons (Fsp3) is 0.571. The number of anilines is 1. The Kier molecular flexibility index (Phi) is 4.08. The van der Waals surface area contributed by atoms with Crippen molar-refractivity contribution in [2.24, 2.45) is 0 Å². The molecule has 0 radical (unpaired) electrons. The highest BCUT2D eigenvalue weighted by atomic mass is 32.2. The minimum Gasteiger partial charge on any atom is -0.377 e. The molecule has 0 spiro atoms. The third-order valence-electron chi connectivity index (χ3n) is 4.06. The number of fused-ring (bicyclic) bond motifs is 1. The average molecular weight is 351 g/mol. The molecule has 2 unspecified atom stereocenters. The number of nitrogens with zero attached hydrogens (tertiary/aromatic N) is 4. The molecule has 0 aromatic carbocycles. The molecule has 4 rings (SSSR count). The molecular weight excluding hydrogens is 334 g/mol. The number of hydrogen-bond donors (Lipinski definition) is 1. The standard InChI is InChI=1S/C14H17N5O2S2/c1-8-16-17-14(23-8)15-11-5-21-6-12(11)19-13(20)4-9-7-22-3-2-10(9)18-19/h4,11-12H,2-3,5-7H2,1H3,(H,15,17). The second-order valence-corrected chi connectivity index (χ2v) is 7.97. The van der Waals surface area contributed by atoms with Crippen LogP contribution in [-0.4, -0.2) is 45.0 Å². The van der Waals surface area contributed by atoms with Gasteiger partial charge in [0.25, 0.3) is 5.56 Å². The summed E-state index contributed by atoms with van der Waals surface area (Å²) in [4.78, 5) is 12.5. The van der Waals surface area contributed by atoms with Crippen molar-refractivity contribution in [2.75, 3.05) is 24.3 Å². The van der Waals surface area contributed by atoms with Crippen LogP contribution < -0.4 is 10.9 Å². The Morgan fingerprint density at radius 3 is 3.13 bits per heavy atom. The van der Waals surface area contributed by atoms with Crippen LogP contribution in [0.15, 0.2) is 10.9 Å². The number of nitrogens with one attached hydrogen (secondary N) is 1. The van der Waals surface area contributed by atoms with Crippen LogP contribution in [0.4, 0.5) is 5.13 Å². The molecule has 122 valence electrons. The molecule has 1 fully saturated rings. The number of hydrogen-bond acceptors (Lipinski definition) is 8. The summed E-state index contributed by atoms with van der Waals surface area (Å²) in [5, 5.41) is 17.7. The van der Waals surface area contributed by atoms with Crippen LogP contribution in [0.1, 0.15) is 22.3 Å². The van der Waals surface area contributed by atoms with E-state index in [4.69, 9.17) is 4.74 Å². The number of aromatic nitrogens is 4. The highest BCUT2D eigenvalue weighted by molar-refractivity contribution is 7.98. The topological polar surface area (TPSA) is 81.9 Å². The summed E-state index contributed by atoms with van der Waals surface area (Å²) >= 11 is 3.35. The van der Waals surface area contributed by atoms with E-state index in [9.17, 15) is 4.79 Å². The van der Waals surface area contributed by atoms with E-state index in [2.05, 4.69) is 20.6 Å². The zero-order valence-electron chi connectivity index (χ0n) is 12.7. The molecular formula is C14H17N5O2S2. The minimum absolute atomic E-state index is 0.0245. The van der Waals surface area contributed by atoms with Crippen molar-refractivity contribution < 1.29 is 4.74 Å². The highest BCUT2D eigenvalue weighted by Gasteiger charge is 2.32. The van der Waals surface area contributed by atoms with Crippen molar-refractivity contribution in [3.8, 4) is 0 Å². The van der Waals surface area contributed by atoms with E-state index in [0.29, 0.717) is 13.2 Å². The Bertz CT molecular complexity index is 775. The largest absolute Gasteiger partial charge is 0.377 e. The lowest BCUT2D eigenvalue weighted by atomic mass is 10.1. The lowest BCUT2D eigenvalue weighted by molar-refractivity contribution is 0.182. The van der Waals surface area contributed by atoms with Gasteiger partial charge in [-0.05, 0) is 18.2 Å². The molecule has 23 heavy (non-hydrogen) atoms. The van der Waals surface area contributed by atoms with Gasteiger partial charge in [-0.3, -0.25) is 4.79 Å². The molecule has 1 N–H and O–H groups in total. The quantitative estimate of drug-likeness (QED) is 0.891. The molecule has 0 bridgehead atoms. The van der Waals surface area contributed by atoms with Gasteiger partial charge in [0, 0.05) is 18.2 Å². The zero-order valence-corrected chi connectivity index (χ0v) is 14.3. The Morgan fingerprint density at radius 2 is 2.30 bits per heavy atom. The maximum absolute atomic E-state index is 12.5. The van der Waals surface area contributed by atoms with Crippen molar-refractivity contribution in [3.05, 3.63) is 32.7 Å². The van der Waals surface area contributed by atoms with E-state index in [1.165, 1.54) is 11.3 Å². The second-order valence-electron chi connectivity index (χ2n) is 5.68. The van der Waals surface area contributed by atoms with Gasteiger partial charge in [0.15, 0.2) is 0 Å². The molecule has 7 nitrogen and oxygen atoms in total. The van der Waals surface area contributed by atoms with E-state index in [1.807, 2.05) is 18.7 Å². The van der Waals surface area contributed by atoms with E-state index in [0.717, 1.165) is 39.3 Å². The van der Waals surface area contributed by atoms with Crippen LogP contribution in [0.5, 0.6) is 0 Å². The SMILES string of the molecule is Cc1nnc(NC2COCC2n2nc3c(cc2=O)CSCC3)s1. The van der Waals surface area contributed by atoms with Crippen molar-refractivity contribution in [1.29, 1.82) is 0 Å². The molecule has 9 heteroatoms. The highest BCUT2D eigenvalue weighted by Crippen LogP contribution is 2.26. The minimum atomic E-state index is -0.119. The number of aryl methyl sites for hydroxylation is 2. The number of rotatable bonds is 3. The van der Waals surface area contributed by atoms with Crippen LogP contribution in [0.3, 0.4) is 0 Å². The lowest BCUT2D eigenvalue weighted by Crippen LogP contribution is -2.38. The van der Waals surface area contributed by atoms with Gasteiger partial charge in [-0.15, -0.1) is 10.2 Å². The van der Waals surface area contributed by atoms with Gasteiger partial charge in [0.2, 0.25) is 5.13 Å². The maximum Gasteiger partial charge on any atom is 0.267 e. The van der Waals surface area contributed by atoms with Gasteiger partial charge in [-0.25, -0.2) is 4.68 Å². The normalized spacial score (nSPS) is 23.7. The van der Waals surface area contributed by atoms with Crippen molar-refractivity contribution in [3.63, 3.8) is 0 Å². The smallest absolute Gasteiger partial charge is 0.267 e. The van der Waals surface area contributed by atoms with Crippen LogP contribution in [0.25, 0.3) is 0 Å². The van der Waals surface area contributed by atoms with Crippen LogP contribution in [0, 0.1) is 6.92 Å². The molecule has 2 aromatic rings. The van der Waals surface area contributed by atoms with Gasteiger partial charge in [-0.1, -0.05) is 11.3 Å². The summed E-state index contributed by atoms with van der Waals surface area (Å²) in [7, 11) is 0. The number of thioether (sulfide) groups is 1. The first-order chi connectivity index (χ1) is 11.2. The Morgan fingerprint density at radius 1 is 1.39 bits per heavy atom. The van der Waals surface area contributed by atoms with Gasteiger partial charge >= 0.3 is 0 Å². The predicted octanol–water partition coefficient (Wildman–Crippen LogP) is 1.24. The van der Waals surface area contributed by atoms with Crippen LogP contribution in [0.2, 0.25) is 0 Å². The third-order valence-corrected chi connectivity index (χ3v) is 5.84. The summed E-state index contributed by atoms with van der Waals surface area (Å²) in [5.41, 5.74) is 2.06. The average Bonchev–Trinajstić information content (AvgIpc) is 3.16. The number of ether oxygens (including phenoxy) is 1. The van der Waals surface area contributed by atoms with Gasteiger partial charge < -0.3 is 10.1 Å². The molecule has 0 saturated carbocycles. The Balaban J connectivity index is 1.62. The summed E-state index contributed by atoms with van der Waals surface area (Å²) in [6, 6.07) is 1.59. The summed E-state index contributed by atoms with van der Waals surface area (Å²) in [6.07, 6.45) is 0.918. The molecule has 1 saturated heterocycles. The first-order valence-electron chi connectivity index (χ1n) is 7.54. The van der Waals surface area contributed by atoms with Gasteiger partial charge in [-0.2, -0.15) is 16.9 Å². The predicted molar refractivity (Wildman–Crippen MR) is 90.3 cm³/mol. The molecule has 2 aromatic heterocycles. The molecule has 2 aliphatic heterocycles. The van der Waals surface area contributed by atoms with Crippen molar-refractivity contribution >= 4 is 28.2 Å². The Labute approximate surface area is 141 Å². The fourth-order valence-electron chi connectivity index (χ4n) is 2.90. The van der Waals surface area contributed by atoms with Crippen molar-refractivity contribution in [2.45, 2.75) is 31.2 Å². The van der Waals surface area contributed by atoms with E-state index < -0.39 is 0 Å². The molecule has 0 amide bonds. The van der Waals surface area contributed by atoms with Gasteiger partial charge in [0.05, 0.1) is 24.9 Å². The van der Waals surface area contributed by atoms with Crippen LogP contribution >= 0.6 is 23.1 Å². The Hall–Kier alpha value is -1.45. The maximum atomic E-state index is 12.5. The van der Waals surface area contributed by atoms with E-state index in [-0.39, 0.29) is 17.6 Å². The van der Waals surface area contributed by atoms with E-state index in [1.54, 1.807) is 10.7 Å². The summed E-state index contributed by atoms with van der Waals surface area (Å²) in [5.74, 6) is 1.94. The first kappa shape index (κ1) is 15.1. The summed E-state index contributed by atoms with van der Waals surface area (Å²) in [6.45, 7) is 2.93. The second kappa shape index (κ2) is 6.21. The van der Waals surface area contributed by atoms with E-state index >= 15 is 0 Å². The molecule has 0 aliphatic carbocycles. The summed E-state index contributed by atoms with van der Waals surface area (Å²) < 4.78 is 7.18. The fourth-order valence-corrected chi connectivity index (χ4v) is 4.51.